The second-order valence-electron chi connectivity index (χ2n) is 6.57. The Bertz CT molecular complexity index is 911. The van der Waals surface area contributed by atoms with Gasteiger partial charge in [0.2, 0.25) is 5.91 Å². The Kier molecular flexibility index (Phi) is 4.37. The third-order valence-corrected chi connectivity index (χ3v) is 6.28. The van der Waals surface area contributed by atoms with E-state index < -0.39 is 5.41 Å². The number of aromatic nitrogens is 1. The Morgan fingerprint density at radius 2 is 2.08 bits per heavy atom. The molecule has 4 rings (SSSR count). The first kappa shape index (κ1) is 16.7. The highest BCUT2D eigenvalue weighted by molar-refractivity contribution is 14.1. The first-order valence-corrected chi connectivity index (χ1v) is 10.1. The molecule has 0 spiro atoms. The molecule has 0 saturated heterocycles. The number of nitrogens with one attached hydrogen (secondary N) is 1. The van der Waals surface area contributed by atoms with Gasteiger partial charge in [-0.1, -0.05) is 36.4 Å². The molecular weight excluding hydrogens is 443 g/mol. The van der Waals surface area contributed by atoms with Crippen molar-refractivity contribution in [1.29, 1.82) is 0 Å². The van der Waals surface area contributed by atoms with E-state index in [1.165, 1.54) is 31.6 Å². The van der Waals surface area contributed by atoms with Crippen molar-refractivity contribution in [1.82, 2.24) is 4.98 Å². The molecule has 1 aliphatic rings. The van der Waals surface area contributed by atoms with Gasteiger partial charge in [0.15, 0.2) is 5.13 Å². The van der Waals surface area contributed by atoms with E-state index in [-0.39, 0.29) is 11.8 Å². The molecule has 3 nitrogen and oxygen atoms in total. The maximum Gasteiger partial charge on any atom is 0.233 e. The molecule has 0 saturated carbocycles. The number of rotatable bonds is 3. The summed E-state index contributed by atoms with van der Waals surface area (Å²) in [5.74, 6) is 0.0703. The molecule has 5 heteroatoms. The second kappa shape index (κ2) is 6.53. The van der Waals surface area contributed by atoms with Gasteiger partial charge in [0, 0.05) is 21.1 Å². The lowest BCUT2D eigenvalue weighted by molar-refractivity contribution is -0.125. The van der Waals surface area contributed by atoms with Gasteiger partial charge in [0.1, 0.15) is 0 Å². The van der Waals surface area contributed by atoms with E-state index in [2.05, 4.69) is 70.1 Å². The Labute approximate surface area is 164 Å². The molecule has 1 aromatic heterocycles. The van der Waals surface area contributed by atoms with E-state index in [0.717, 1.165) is 6.42 Å². The summed E-state index contributed by atoms with van der Waals surface area (Å²) in [5.41, 5.74) is 3.15. The van der Waals surface area contributed by atoms with Crippen molar-refractivity contribution < 1.29 is 4.79 Å². The molecule has 126 valence electrons. The number of carbonyl (C=O) groups excluding carboxylic acids is 1. The highest BCUT2D eigenvalue weighted by atomic mass is 127. The Hall–Kier alpha value is -1.73. The van der Waals surface area contributed by atoms with Gasteiger partial charge in [0.25, 0.3) is 0 Å². The number of hydrogen-bond acceptors (Lipinski definition) is 3. The fourth-order valence-electron chi connectivity index (χ4n) is 3.77. The normalized spacial score (nSPS) is 21.8. The van der Waals surface area contributed by atoms with Gasteiger partial charge < -0.3 is 5.32 Å². The lowest BCUT2D eigenvalue weighted by Gasteiger charge is -2.31. The van der Waals surface area contributed by atoms with Gasteiger partial charge in [-0.3, -0.25) is 4.79 Å². The standard InChI is InChI=1S/C20H17IN2OS/c1-20(18(24)23-19-22-9-10-25-19)12-14-7-8-15(21)11-16(14)17(20)13-5-3-2-4-6-13/h2-11,17H,12H2,1H3,(H,22,23,24). The Balaban J connectivity index is 1.79. The summed E-state index contributed by atoms with van der Waals surface area (Å²) in [6.07, 6.45) is 2.44. The average Bonchev–Trinajstić information content (AvgIpc) is 3.21. The number of nitrogens with zero attached hydrogens (tertiary/aromatic N) is 1. The number of hydrogen-bond donors (Lipinski definition) is 1. The van der Waals surface area contributed by atoms with Crippen LogP contribution in [0.5, 0.6) is 0 Å². The molecule has 25 heavy (non-hydrogen) atoms. The summed E-state index contributed by atoms with van der Waals surface area (Å²) in [5, 5.41) is 5.55. The molecule has 1 N–H and O–H groups in total. The lowest BCUT2D eigenvalue weighted by Crippen LogP contribution is -2.37. The highest BCUT2D eigenvalue weighted by Crippen LogP contribution is 2.51. The minimum Gasteiger partial charge on any atom is -0.301 e. The minimum absolute atomic E-state index is 0.0301. The number of anilines is 1. The van der Waals surface area contributed by atoms with E-state index in [1.54, 1.807) is 6.20 Å². The molecule has 2 aromatic carbocycles. The van der Waals surface area contributed by atoms with E-state index >= 15 is 0 Å². The largest absolute Gasteiger partial charge is 0.301 e. The number of benzene rings is 2. The van der Waals surface area contributed by atoms with Crippen LogP contribution in [0.3, 0.4) is 0 Å². The molecule has 0 aliphatic heterocycles. The molecule has 3 aromatic rings. The van der Waals surface area contributed by atoms with Gasteiger partial charge >= 0.3 is 0 Å². The predicted molar refractivity (Wildman–Crippen MR) is 110 cm³/mol. The molecule has 2 unspecified atom stereocenters. The number of carbonyl (C=O) groups is 1. The van der Waals surface area contributed by atoms with Crippen LogP contribution in [-0.4, -0.2) is 10.9 Å². The fourth-order valence-corrected chi connectivity index (χ4v) is 4.80. The number of thiazole rings is 1. The monoisotopic (exact) mass is 460 g/mol. The summed E-state index contributed by atoms with van der Waals surface area (Å²) >= 11 is 3.79. The van der Waals surface area contributed by atoms with Crippen molar-refractivity contribution in [3.63, 3.8) is 0 Å². The molecule has 0 radical (unpaired) electrons. The molecular formula is C20H17IN2OS. The summed E-state index contributed by atoms with van der Waals surface area (Å²) in [7, 11) is 0. The molecule has 0 bridgehead atoms. The molecule has 2 atom stereocenters. The van der Waals surface area contributed by atoms with Crippen molar-refractivity contribution in [2.75, 3.05) is 5.32 Å². The van der Waals surface area contributed by atoms with Crippen molar-refractivity contribution in [2.24, 2.45) is 5.41 Å². The predicted octanol–water partition coefficient (Wildman–Crippen LogP) is 5.08. The number of fused-ring (bicyclic) bond motifs is 1. The van der Waals surface area contributed by atoms with Crippen molar-refractivity contribution >= 4 is 45.0 Å². The van der Waals surface area contributed by atoms with Crippen LogP contribution in [0.2, 0.25) is 0 Å². The van der Waals surface area contributed by atoms with Gasteiger partial charge in [-0.25, -0.2) is 4.98 Å². The number of halogens is 1. The van der Waals surface area contributed by atoms with Gasteiger partial charge in [-0.15, -0.1) is 11.3 Å². The summed E-state index contributed by atoms with van der Waals surface area (Å²) in [4.78, 5) is 17.4. The van der Waals surface area contributed by atoms with E-state index in [0.29, 0.717) is 5.13 Å². The fraction of sp³-hybridized carbons (Fsp3) is 0.200. The van der Waals surface area contributed by atoms with Crippen molar-refractivity contribution in [3.05, 3.63) is 80.4 Å². The molecule has 0 fully saturated rings. The van der Waals surface area contributed by atoms with E-state index in [9.17, 15) is 4.79 Å². The zero-order chi connectivity index (χ0) is 17.4. The van der Waals surface area contributed by atoms with E-state index in [4.69, 9.17) is 0 Å². The second-order valence-corrected chi connectivity index (χ2v) is 8.71. The van der Waals surface area contributed by atoms with Crippen LogP contribution in [-0.2, 0) is 11.2 Å². The zero-order valence-corrected chi connectivity index (χ0v) is 16.7. The summed E-state index contributed by atoms with van der Waals surface area (Å²) in [6, 6.07) is 16.8. The number of amides is 1. The SMILES string of the molecule is CC1(C(=O)Nc2nccs2)Cc2ccc(I)cc2C1c1ccccc1. The maximum absolute atomic E-state index is 13.2. The van der Waals surface area contributed by atoms with Gasteiger partial charge in [-0.05, 0) is 64.8 Å². The van der Waals surface area contributed by atoms with Crippen LogP contribution in [0.4, 0.5) is 5.13 Å². The van der Waals surface area contributed by atoms with Crippen LogP contribution in [0.1, 0.15) is 29.5 Å². The lowest BCUT2D eigenvalue weighted by atomic mass is 9.73. The quantitative estimate of drug-likeness (QED) is 0.554. The molecule has 1 aliphatic carbocycles. The molecule has 1 heterocycles. The van der Waals surface area contributed by atoms with Crippen molar-refractivity contribution in [3.8, 4) is 0 Å². The van der Waals surface area contributed by atoms with E-state index in [1.807, 2.05) is 23.6 Å². The third-order valence-electron chi connectivity index (χ3n) is 4.92. The maximum atomic E-state index is 13.2. The summed E-state index contributed by atoms with van der Waals surface area (Å²) in [6.45, 7) is 2.07. The Morgan fingerprint density at radius 1 is 1.28 bits per heavy atom. The smallest absolute Gasteiger partial charge is 0.233 e. The first-order valence-electron chi connectivity index (χ1n) is 8.12. The van der Waals surface area contributed by atoms with Crippen LogP contribution >= 0.6 is 33.9 Å². The average molecular weight is 460 g/mol. The summed E-state index contributed by atoms with van der Waals surface area (Å²) < 4.78 is 1.20. The minimum atomic E-state index is -0.542. The van der Waals surface area contributed by atoms with Crippen LogP contribution in [0, 0.1) is 8.99 Å². The van der Waals surface area contributed by atoms with Crippen LogP contribution in [0.25, 0.3) is 0 Å². The molecule has 1 amide bonds. The van der Waals surface area contributed by atoms with Gasteiger partial charge in [-0.2, -0.15) is 0 Å². The zero-order valence-electron chi connectivity index (χ0n) is 13.7. The third kappa shape index (κ3) is 3.00. The van der Waals surface area contributed by atoms with Crippen LogP contribution < -0.4 is 5.32 Å². The topological polar surface area (TPSA) is 42.0 Å². The highest BCUT2D eigenvalue weighted by Gasteiger charge is 2.48. The van der Waals surface area contributed by atoms with Gasteiger partial charge in [0.05, 0.1) is 5.41 Å². The first-order chi connectivity index (χ1) is 12.1. The Morgan fingerprint density at radius 3 is 2.80 bits per heavy atom. The van der Waals surface area contributed by atoms with Crippen LogP contribution in [0.15, 0.2) is 60.1 Å². The van der Waals surface area contributed by atoms with Crippen molar-refractivity contribution in [2.45, 2.75) is 19.3 Å².